The van der Waals surface area contributed by atoms with E-state index in [1.165, 1.54) is 83.5 Å². The van der Waals surface area contributed by atoms with Gasteiger partial charge in [0.2, 0.25) is 0 Å². The van der Waals surface area contributed by atoms with E-state index >= 15 is 0 Å². The normalized spacial score (nSPS) is 12.0. The fraction of sp³-hybridized carbons (Fsp3) is 1.00. The molecule has 0 aliphatic rings. The molecule has 0 aliphatic heterocycles. The largest absolute Gasteiger partial charge is 0.391 e. The van der Waals surface area contributed by atoms with Crippen LogP contribution in [0.5, 0.6) is 0 Å². The smallest absolute Gasteiger partial charge is 0.102 e. The molecule has 0 saturated carbocycles. The lowest BCUT2D eigenvalue weighted by atomic mass is 10.0. The first kappa shape index (κ1) is 25.8. The van der Waals surface area contributed by atoms with Crippen LogP contribution in [-0.2, 0) is 0 Å². The van der Waals surface area contributed by atoms with Crippen molar-refractivity contribution in [2.45, 2.75) is 96.8 Å². The third-order valence-electron chi connectivity index (χ3n) is 5.71. The average Bonchev–Trinajstić information content (AvgIpc) is 2.63. The van der Waals surface area contributed by atoms with Crippen molar-refractivity contribution in [3.8, 4) is 0 Å². The van der Waals surface area contributed by atoms with Crippen LogP contribution < -0.4 is 0 Å². The second-order valence-electron chi connectivity index (χ2n) is 8.00. The van der Waals surface area contributed by atoms with Crippen LogP contribution in [0.4, 0.5) is 0 Å². The van der Waals surface area contributed by atoms with Crippen LogP contribution in [0.3, 0.4) is 0 Å². The zero-order chi connectivity index (χ0) is 19.3. The molecule has 0 fully saturated rings. The molecular weight excluding hydrogens is 326 g/mol. The van der Waals surface area contributed by atoms with Crippen LogP contribution in [0, 0.1) is 0 Å². The van der Waals surface area contributed by atoms with Crippen molar-refractivity contribution in [3.05, 3.63) is 0 Å². The minimum atomic E-state index is 0.124. The van der Waals surface area contributed by atoms with Gasteiger partial charge in [0, 0.05) is 0 Å². The van der Waals surface area contributed by atoms with Crippen molar-refractivity contribution in [2.24, 2.45) is 0 Å². The second kappa shape index (κ2) is 19.6. The van der Waals surface area contributed by atoms with Gasteiger partial charge in [-0.1, -0.05) is 84.0 Å². The van der Waals surface area contributed by atoms with Gasteiger partial charge in [-0.25, -0.2) is 0 Å². The fourth-order valence-corrected chi connectivity index (χ4v) is 3.95. The molecule has 0 heterocycles. The van der Waals surface area contributed by atoms with E-state index in [1.54, 1.807) is 0 Å². The summed E-state index contributed by atoms with van der Waals surface area (Å²) in [5, 5.41) is 27.9. The Labute approximate surface area is 163 Å². The molecule has 0 spiro atoms. The Bertz CT molecular complexity index is 257. The van der Waals surface area contributed by atoms with Crippen molar-refractivity contribution in [2.75, 3.05) is 46.0 Å². The predicted molar refractivity (Wildman–Crippen MR) is 111 cm³/mol. The maximum absolute atomic E-state index is 9.29. The maximum Gasteiger partial charge on any atom is 0.102 e. The summed E-state index contributed by atoms with van der Waals surface area (Å²) < 4.78 is 0.655. The Hall–Kier alpha value is -0.160. The van der Waals surface area contributed by atoms with Gasteiger partial charge in [0.15, 0.2) is 0 Å². The van der Waals surface area contributed by atoms with Gasteiger partial charge in [-0.05, 0) is 12.8 Å². The van der Waals surface area contributed by atoms with Crippen molar-refractivity contribution in [3.63, 3.8) is 0 Å². The number of unbranched alkanes of at least 4 members (excludes halogenated alkanes) is 13. The van der Waals surface area contributed by atoms with Gasteiger partial charge in [0.05, 0.1) is 26.4 Å². The van der Waals surface area contributed by atoms with Gasteiger partial charge in [0.25, 0.3) is 0 Å². The Morgan fingerprint density at radius 2 is 0.731 bits per heavy atom. The molecule has 0 saturated heterocycles. The number of aliphatic hydroxyl groups is 3. The molecule has 4 heteroatoms. The number of hydrogen-bond donors (Lipinski definition) is 3. The first-order valence-corrected chi connectivity index (χ1v) is 11.4. The lowest BCUT2D eigenvalue weighted by Gasteiger charge is -2.37. The highest BCUT2D eigenvalue weighted by atomic mass is 16.3. The molecule has 0 aromatic heterocycles. The Morgan fingerprint density at radius 3 is 1.04 bits per heavy atom. The van der Waals surface area contributed by atoms with E-state index in [0.29, 0.717) is 24.1 Å². The van der Waals surface area contributed by atoms with Gasteiger partial charge < -0.3 is 19.8 Å². The van der Waals surface area contributed by atoms with E-state index in [4.69, 9.17) is 0 Å². The standard InChI is InChI=1S/C22H48NO3/c1-2-3-4-5-6-7-8-9-10-11-12-13-14-15-16-23(17-20-24,18-21-25)19-22-26/h24-26H,2-22H2,1H3/q+1. The van der Waals surface area contributed by atoms with Crippen molar-refractivity contribution >= 4 is 0 Å². The van der Waals surface area contributed by atoms with E-state index in [-0.39, 0.29) is 19.8 Å². The van der Waals surface area contributed by atoms with Crippen LogP contribution in [0.2, 0.25) is 0 Å². The highest BCUT2D eigenvalue weighted by Gasteiger charge is 2.25. The number of quaternary nitrogens is 1. The molecule has 0 rings (SSSR count). The molecule has 0 radical (unpaired) electrons. The van der Waals surface area contributed by atoms with Gasteiger partial charge in [0.1, 0.15) is 19.6 Å². The van der Waals surface area contributed by atoms with Gasteiger partial charge >= 0.3 is 0 Å². The van der Waals surface area contributed by atoms with Gasteiger partial charge in [-0.3, -0.25) is 0 Å². The third kappa shape index (κ3) is 15.0. The SMILES string of the molecule is CCCCCCCCCCCCCCCC[N+](CCO)(CCO)CCO. The molecule has 0 unspecified atom stereocenters. The third-order valence-corrected chi connectivity index (χ3v) is 5.71. The molecule has 0 aromatic rings. The summed E-state index contributed by atoms with van der Waals surface area (Å²) >= 11 is 0. The summed E-state index contributed by atoms with van der Waals surface area (Å²) in [6.07, 6.45) is 19.0. The Kier molecular flexibility index (Phi) is 19.5. The van der Waals surface area contributed by atoms with E-state index in [1.807, 2.05) is 0 Å². The van der Waals surface area contributed by atoms with Crippen LogP contribution >= 0.6 is 0 Å². The van der Waals surface area contributed by atoms with Crippen LogP contribution in [-0.4, -0.2) is 65.8 Å². The summed E-state index contributed by atoms with van der Waals surface area (Å²) in [6, 6.07) is 0. The van der Waals surface area contributed by atoms with Crippen LogP contribution in [0.15, 0.2) is 0 Å². The van der Waals surface area contributed by atoms with Crippen molar-refractivity contribution < 1.29 is 19.8 Å². The molecule has 0 aliphatic carbocycles. The molecule has 0 amide bonds. The molecular formula is C22H48NO3+. The predicted octanol–water partition coefficient (Wildman–Crippen LogP) is 4.26. The zero-order valence-corrected chi connectivity index (χ0v) is 17.6. The van der Waals surface area contributed by atoms with Crippen molar-refractivity contribution in [1.29, 1.82) is 0 Å². The van der Waals surface area contributed by atoms with Gasteiger partial charge in [-0.15, -0.1) is 0 Å². The minimum Gasteiger partial charge on any atom is -0.391 e. The van der Waals surface area contributed by atoms with E-state index in [0.717, 1.165) is 13.0 Å². The molecule has 26 heavy (non-hydrogen) atoms. The highest BCUT2D eigenvalue weighted by molar-refractivity contribution is 4.51. The summed E-state index contributed by atoms with van der Waals surface area (Å²) in [7, 11) is 0. The van der Waals surface area contributed by atoms with E-state index in [2.05, 4.69) is 6.92 Å². The lowest BCUT2D eigenvalue weighted by Crippen LogP contribution is -2.53. The van der Waals surface area contributed by atoms with E-state index < -0.39 is 0 Å². The number of rotatable bonds is 21. The van der Waals surface area contributed by atoms with Crippen LogP contribution in [0.25, 0.3) is 0 Å². The average molecular weight is 375 g/mol. The number of hydrogen-bond acceptors (Lipinski definition) is 3. The summed E-state index contributed by atoms with van der Waals surface area (Å²) in [4.78, 5) is 0. The van der Waals surface area contributed by atoms with Gasteiger partial charge in [-0.2, -0.15) is 0 Å². The molecule has 4 nitrogen and oxygen atoms in total. The molecule has 158 valence electrons. The maximum atomic E-state index is 9.29. The second-order valence-corrected chi connectivity index (χ2v) is 8.00. The molecule has 0 aromatic carbocycles. The zero-order valence-electron chi connectivity index (χ0n) is 17.6. The quantitative estimate of drug-likeness (QED) is 0.208. The minimum absolute atomic E-state index is 0.124. The Morgan fingerprint density at radius 1 is 0.423 bits per heavy atom. The first-order chi connectivity index (χ1) is 12.7. The topological polar surface area (TPSA) is 60.7 Å². The lowest BCUT2D eigenvalue weighted by molar-refractivity contribution is -0.929. The van der Waals surface area contributed by atoms with Crippen molar-refractivity contribution in [1.82, 2.24) is 0 Å². The van der Waals surface area contributed by atoms with E-state index in [9.17, 15) is 15.3 Å². The first-order valence-electron chi connectivity index (χ1n) is 11.4. The summed E-state index contributed by atoms with van der Waals surface area (Å²) in [5.74, 6) is 0. The van der Waals surface area contributed by atoms with Crippen LogP contribution in [0.1, 0.15) is 96.8 Å². The summed E-state index contributed by atoms with van der Waals surface area (Å²) in [6.45, 7) is 5.52. The number of nitrogens with zero attached hydrogens (tertiary/aromatic N) is 1. The summed E-state index contributed by atoms with van der Waals surface area (Å²) in [5.41, 5.74) is 0. The number of aliphatic hydroxyl groups excluding tert-OH is 3. The molecule has 0 atom stereocenters. The monoisotopic (exact) mass is 374 g/mol. The fourth-order valence-electron chi connectivity index (χ4n) is 3.95. The molecule has 3 N–H and O–H groups in total. The Balaban J connectivity index is 3.52. The molecule has 0 bridgehead atoms. The highest BCUT2D eigenvalue weighted by Crippen LogP contribution is 2.14.